The molecule has 0 aliphatic heterocycles. The SMILES string of the molecule is CC/C=C\C/C=C\C/C=C\C/C=C\CCCCCCCCC(=O)OCC(COC(=O)CCCCCCCCCCC)OC(=O)CCCCCCC\C=C/C=C\C=C/C=C\C=C/CCC. The Morgan fingerprint density at radius 1 is 0.344 bits per heavy atom. The van der Waals surface area contributed by atoms with Gasteiger partial charge in [0.1, 0.15) is 13.2 Å². The summed E-state index contributed by atoms with van der Waals surface area (Å²) in [4.78, 5) is 37.9. The molecule has 0 bridgehead atoms. The van der Waals surface area contributed by atoms with Gasteiger partial charge in [-0.05, 0) is 77.0 Å². The first-order chi connectivity index (χ1) is 31.5. The zero-order chi connectivity index (χ0) is 46.5. The van der Waals surface area contributed by atoms with E-state index in [0.29, 0.717) is 19.3 Å². The molecule has 1 atom stereocenters. The Hall–Kier alpha value is -3.93. The predicted octanol–water partition coefficient (Wildman–Crippen LogP) is 17.1. The Morgan fingerprint density at radius 3 is 1.16 bits per heavy atom. The number of unbranched alkanes of at least 4 members (excludes halogenated alkanes) is 20. The highest BCUT2D eigenvalue weighted by Gasteiger charge is 2.19. The van der Waals surface area contributed by atoms with Crippen LogP contribution in [0.2, 0.25) is 0 Å². The fourth-order valence-electron chi connectivity index (χ4n) is 6.76. The Kier molecular flexibility index (Phi) is 48.5. The van der Waals surface area contributed by atoms with Crippen molar-refractivity contribution in [1.82, 2.24) is 0 Å². The number of esters is 3. The number of ether oxygens (including phenoxy) is 3. The van der Waals surface area contributed by atoms with Crippen LogP contribution < -0.4 is 0 Å². The molecule has 0 aromatic carbocycles. The second-order valence-electron chi connectivity index (χ2n) is 16.8. The summed E-state index contributed by atoms with van der Waals surface area (Å²) in [6, 6.07) is 0. The third-order valence-electron chi connectivity index (χ3n) is 10.6. The number of allylic oxidation sites excluding steroid dienone is 18. The molecule has 64 heavy (non-hydrogen) atoms. The van der Waals surface area contributed by atoms with E-state index in [-0.39, 0.29) is 31.1 Å². The van der Waals surface area contributed by atoms with Gasteiger partial charge in [-0.25, -0.2) is 0 Å². The van der Waals surface area contributed by atoms with E-state index in [1.54, 1.807) is 0 Å². The lowest BCUT2D eigenvalue weighted by molar-refractivity contribution is -0.167. The Balaban J connectivity index is 4.42. The summed E-state index contributed by atoms with van der Waals surface area (Å²) in [7, 11) is 0. The van der Waals surface area contributed by atoms with Crippen LogP contribution in [-0.2, 0) is 28.6 Å². The zero-order valence-corrected chi connectivity index (χ0v) is 41.3. The molecule has 6 nitrogen and oxygen atoms in total. The zero-order valence-electron chi connectivity index (χ0n) is 41.3. The van der Waals surface area contributed by atoms with E-state index in [1.807, 2.05) is 30.4 Å². The molecular weight excluding hydrogens is 793 g/mol. The molecule has 0 aliphatic rings. The second kappa shape index (κ2) is 51.7. The fourth-order valence-corrected chi connectivity index (χ4v) is 6.76. The largest absolute Gasteiger partial charge is 0.462 e. The lowest BCUT2D eigenvalue weighted by atomic mass is 10.1. The van der Waals surface area contributed by atoms with Crippen molar-refractivity contribution in [3.8, 4) is 0 Å². The van der Waals surface area contributed by atoms with E-state index < -0.39 is 6.10 Å². The van der Waals surface area contributed by atoms with Gasteiger partial charge >= 0.3 is 17.9 Å². The van der Waals surface area contributed by atoms with Gasteiger partial charge in [-0.15, -0.1) is 0 Å². The topological polar surface area (TPSA) is 78.9 Å². The van der Waals surface area contributed by atoms with E-state index in [0.717, 1.165) is 122 Å². The highest BCUT2D eigenvalue weighted by atomic mass is 16.6. The number of rotatable bonds is 45. The molecule has 0 heterocycles. The van der Waals surface area contributed by atoms with Crippen molar-refractivity contribution in [2.45, 2.75) is 226 Å². The van der Waals surface area contributed by atoms with E-state index in [1.165, 1.54) is 57.8 Å². The molecule has 0 saturated heterocycles. The second-order valence-corrected chi connectivity index (χ2v) is 16.8. The van der Waals surface area contributed by atoms with E-state index in [9.17, 15) is 14.4 Å². The van der Waals surface area contributed by atoms with Gasteiger partial charge in [0.15, 0.2) is 6.10 Å². The minimum absolute atomic E-state index is 0.0943. The molecule has 0 aliphatic carbocycles. The first kappa shape index (κ1) is 60.1. The highest BCUT2D eigenvalue weighted by molar-refractivity contribution is 5.71. The molecule has 0 spiro atoms. The Labute approximate surface area is 393 Å². The number of carbonyl (C=O) groups is 3. The molecule has 0 aromatic rings. The van der Waals surface area contributed by atoms with E-state index in [2.05, 4.69) is 99.8 Å². The lowest BCUT2D eigenvalue weighted by Crippen LogP contribution is -2.30. The summed E-state index contributed by atoms with van der Waals surface area (Å²) in [6.07, 6.45) is 69.2. The van der Waals surface area contributed by atoms with Crippen molar-refractivity contribution in [2.24, 2.45) is 0 Å². The van der Waals surface area contributed by atoms with Crippen molar-refractivity contribution in [1.29, 1.82) is 0 Å². The van der Waals surface area contributed by atoms with Gasteiger partial charge in [0.2, 0.25) is 0 Å². The molecular formula is C58H94O6. The summed E-state index contributed by atoms with van der Waals surface area (Å²) in [5.74, 6) is -0.941. The van der Waals surface area contributed by atoms with Crippen molar-refractivity contribution in [3.05, 3.63) is 109 Å². The summed E-state index contributed by atoms with van der Waals surface area (Å²) in [5, 5.41) is 0. The van der Waals surface area contributed by atoms with Crippen molar-refractivity contribution in [2.75, 3.05) is 13.2 Å². The summed E-state index contributed by atoms with van der Waals surface area (Å²) in [5.41, 5.74) is 0. The molecule has 0 saturated carbocycles. The number of carbonyl (C=O) groups excluding carboxylic acids is 3. The van der Waals surface area contributed by atoms with Crippen LogP contribution in [0.15, 0.2) is 109 Å². The molecule has 0 amide bonds. The van der Waals surface area contributed by atoms with Crippen LogP contribution in [0.4, 0.5) is 0 Å². The Bertz CT molecular complexity index is 1340. The molecule has 0 aromatic heterocycles. The standard InChI is InChI=1S/C58H94O6/c1-4-7-10-13-16-19-21-23-25-27-29-31-32-34-36-39-42-45-48-51-57(60)63-54-55(53-62-56(59)50-47-44-41-38-18-15-12-9-6-3)64-58(61)52-49-46-43-40-37-35-33-30-28-26-24-22-20-17-14-11-8-5-2/h7,10-11,14,16-17,19-20,22-26,28-31,33,55H,4-6,8-9,12-13,15,18,21,27,32,34-54H2,1-3H3/b10-7-,14-11-,19-16-,20-17-,24-22-,25-23-,28-26-,31-29-,33-30-. The van der Waals surface area contributed by atoms with E-state index in [4.69, 9.17) is 14.2 Å². The van der Waals surface area contributed by atoms with E-state index >= 15 is 0 Å². The molecule has 0 radical (unpaired) electrons. The molecule has 0 N–H and O–H groups in total. The highest BCUT2D eigenvalue weighted by Crippen LogP contribution is 2.14. The van der Waals surface area contributed by atoms with Gasteiger partial charge in [0.25, 0.3) is 0 Å². The van der Waals surface area contributed by atoms with Crippen molar-refractivity contribution < 1.29 is 28.6 Å². The quantitative estimate of drug-likeness (QED) is 0.0199. The fraction of sp³-hybridized carbons (Fsp3) is 0.638. The molecule has 362 valence electrons. The maximum atomic E-state index is 12.8. The molecule has 1 unspecified atom stereocenters. The van der Waals surface area contributed by atoms with Crippen LogP contribution in [0.25, 0.3) is 0 Å². The average molecular weight is 887 g/mol. The number of hydrogen-bond acceptors (Lipinski definition) is 6. The minimum atomic E-state index is -0.797. The maximum Gasteiger partial charge on any atom is 0.306 e. The van der Waals surface area contributed by atoms with Gasteiger partial charge in [-0.3, -0.25) is 14.4 Å². The third-order valence-corrected chi connectivity index (χ3v) is 10.6. The Morgan fingerprint density at radius 2 is 0.703 bits per heavy atom. The summed E-state index contributed by atoms with van der Waals surface area (Å²) < 4.78 is 16.7. The molecule has 6 heteroatoms. The summed E-state index contributed by atoms with van der Waals surface area (Å²) in [6.45, 7) is 6.37. The van der Waals surface area contributed by atoms with Gasteiger partial charge in [-0.1, -0.05) is 233 Å². The number of hydrogen-bond donors (Lipinski definition) is 0. The van der Waals surface area contributed by atoms with Crippen LogP contribution in [0.3, 0.4) is 0 Å². The minimum Gasteiger partial charge on any atom is -0.462 e. The molecule has 0 fully saturated rings. The van der Waals surface area contributed by atoms with Gasteiger partial charge in [0, 0.05) is 19.3 Å². The van der Waals surface area contributed by atoms with Gasteiger partial charge in [-0.2, -0.15) is 0 Å². The van der Waals surface area contributed by atoms with Crippen molar-refractivity contribution >= 4 is 17.9 Å². The van der Waals surface area contributed by atoms with Gasteiger partial charge < -0.3 is 14.2 Å². The maximum absolute atomic E-state index is 12.8. The van der Waals surface area contributed by atoms with Crippen LogP contribution in [-0.4, -0.2) is 37.2 Å². The first-order valence-electron chi connectivity index (χ1n) is 26.0. The first-order valence-corrected chi connectivity index (χ1v) is 26.0. The average Bonchev–Trinajstić information content (AvgIpc) is 3.29. The smallest absolute Gasteiger partial charge is 0.306 e. The summed E-state index contributed by atoms with van der Waals surface area (Å²) >= 11 is 0. The normalized spacial score (nSPS) is 13.0. The van der Waals surface area contributed by atoms with Crippen molar-refractivity contribution in [3.63, 3.8) is 0 Å². The molecule has 0 rings (SSSR count). The lowest BCUT2D eigenvalue weighted by Gasteiger charge is -2.18. The predicted molar refractivity (Wildman–Crippen MR) is 274 cm³/mol. The van der Waals surface area contributed by atoms with Crippen LogP contribution in [0.5, 0.6) is 0 Å². The monoisotopic (exact) mass is 887 g/mol. The van der Waals surface area contributed by atoms with Crippen LogP contribution in [0, 0.1) is 0 Å². The van der Waals surface area contributed by atoms with Gasteiger partial charge in [0.05, 0.1) is 0 Å². The third kappa shape index (κ3) is 49.1. The van der Waals surface area contributed by atoms with Crippen LogP contribution >= 0.6 is 0 Å². The van der Waals surface area contributed by atoms with Crippen LogP contribution in [0.1, 0.15) is 220 Å².